The van der Waals surface area contributed by atoms with Gasteiger partial charge in [0.05, 0.1) is 16.0 Å². The van der Waals surface area contributed by atoms with E-state index >= 15 is 0 Å². The van der Waals surface area contributed by atoms with Crippen molar-refractivity contribution in [2.45, 2.75) is 39.2 Å². The van der Waals surface area contributed by atoms with Gasteiger partial charge in [-0.1, -0.05) is 13.8 Å². The number of hydrogen-bond acceptors (Lipinski definition) is 4. The fraction of sp³-hybridized carbons (Fsp3) is 0.400. The summed E-state index contributed by atoms with van der Waals surface area (Å²) in [6.45, 7) is 6.39. The summed E-state index contributed by atoms with van der Waals surface area (Å²) in [5.41, 5.74) is 1.54. The molecule has 0 radical (unpaired) electrons. The predicted molar refractivity (Wildman–Crippen MR) is 81.0 cm³/mol. The number of benzene rings is 1. The van der Waals surface area contributed by atoms with Gasteiger partial charge in [0.15, 0.2) is 0 Å². The van der Waals surface area contributed by atoms with Crippen LogP contribution in [0.3, 0.4) is 0 Å². The summed E-state index contributed by atoms with van der Waals surface area (Å²) in [5.74, 6) is 0. The molecule has 106 valence electrons. The molecular weight excluding hydrogens is 254 g/mol. The van der Waals surface area contributed by atoms with Gasteiger partial charge >= 0.3 is 0 Å². The predicted octanol–water partition coefficient (Wildman–Crippen LogP) is 4.13. The van der Waals surface area contributed by atoms with Crippen LogP contribution in [0, 0.1) is 10.1 Å². The number of nitro benzene ring substituents is 1. The third kappa shape index (κ3) is 2.57. The quantitative estimate of drug-likeness (QED) is 0.656. The lowest BCUT2D eigenvalue weighted by Crippen LogP contribution is -2.33. The second kappa shape index (κ2) is 5.45. The van der Waals surface area contributed by atoms with Crippen molar-refractivity contribution in [2.24, 2.45) is 0 Å². The van der Waals surface area contributed by atoms with Crippen LogP contribution < -0.4 is 5.32 Å². The number of non-ortho nitro benzene ring substituents is 1. The number of pyridine rings is 1. The molecule has 5 heteroatoms. The lowest BCUT2D eigenvalue weighted by Gasteiger charge is -2.29. The van der Waals surface area contributed by atoms with Gasteiger partial charge in [-0.15, -0.1) is 0 Å². The summed E-state index contributed by atoms with van der Waals surface area (Å²) < 4.78 is 0. The van der Waals surface area contributed by atoms with Crippen LogP contribution in [0.1, 0.15) is 33.6 Å². The molecule has 0 spiro atoms. The van der Waals surface area contributed by atoms with Crippen LogP contribution in [0.5, 0.6) is 0 Å². The largest absolute Gasteiger partial charge is 0.378 e. The molecule has 0 amide bonds. The Morgan fingerprint density at radius 3 is 2.60 bits per heavy atom. The van der Waals surface area contributed by atoms with E-state index in [0.29, 0.717) is 10.9 Å². The van der Waals surface area contributed by atoms with Crippen molar-refractivity contribution in [1.29, 1.82) is 0 Å². The van der Waals surface area contributed by atoms with Crippen molar-refractivity contribution in [2.75, 3.05) is 5.32 Å². The molecule has 0 aliphatic rings. The molecule has 0 fully saturated rings. The molecule has 0 aliphatic carbocycles. The van der Waals surface area contributed by atoms with Crippen molar-refractivity contribution in [3.63, 3.8) is 0 Å². The number of nitro groups is 1. The molecule has 0 aliphatic heterocycles. The standard InChI is InChI=1S/C15H19N3O2/c1-4-15(3,5-2)17-12-8-9-13(18(19)20)11-7-6-10-16-14(11)12/h6-10,17H,4-5H2,1-3H3. The second-order valence-corrected chi connectivity index (χ2v) is 5.18. The Morgan fingerprint density at radius 1 is 1.30 bits per heavy atom. The highest BCUT2D eigenvalue weighted by atomic mass is 16.6. The number of rotatable bonds is 5. The first-order valence-corrected chi connectivity index (χ1v) is 6.81. The zero-order valence-electron chi connectivity index (χ0n) is 12.0. The summed E-state index contributed by atoms with van der Waals surface area (Å²) in [4.78, 5) is 15.0. The number of hydrogen-bond donors (Lipinski definition) is 1. The van der Waals surface area contributed by atoms with Crippen molar-refractivity contribution < 1.29 is 4.92 Å². The van der Waals surface area contributed by atoms with Gasteiger partial charge in [-0.3, -0.25) is 15.1 Å². The lowest BCUT2D eigenvalue weighted by atomic mass is 9.95. The molecule has 0 bridgehead atoms. The topological polar surface area (TPSA) is 68.1 Å². The molecule has 0 saturated carbocycles. The van der Waals surface area contributed by atoms with Crippen LogP contribution in [-0.4, -0.2) is 15.4 Å². The van der Waals surface area contributed by atoms with Crippen LogP contribution in [-0.2, 0) is 0 Å². The van der Waals surface area contributed by atoms with Crippen LogP contribution >= 0.6 is 0 Å². The summed E-state index contributed by atoms with van der Waals surface area (Å²) >= 11 is 0. The number of fused-ring (bicyclic) bond motifs is 1. The van der Waals surface area contributed by atoms with Gasteiger partial charge in [-0.05, 0) is 38.0 Å². The van der Waals surface area contributed by atoms with Crippen molar-refractivity contribution in [1.82, 2.24) is 4.98 Å². The average Bonchev–Trinajstić information content (AvgIpc) is 2.47. The first-order chi connectivity index (χ1) is 9.50. The van der Waals surface area contributed by atoms with E-state index in [2.05, 4.69) is 31.1 Å². The maximum absolute atomic E-state index is 11.1. The van der Waals surface area contributed by atoms with E-state index in [-0.39, 0.29) is 16.1 Å². The third-order valence-corrected chi connectivity index (χ3v) is 3.94. The van der Waals surface area contributed by atoms with Gasteiger partial charge in [0.1, 0.15) is 5.52 Å². The Hall–Kier alpha value is -2.17. The van der Waals surface area contributed by atoms with Gasteiger partial charge < -0.3 is 5.32 Å². The first kappa shape index (κ1) is 14.2. The van der Waals surface area contributed by atoms with Crippen LogP contribution in [0.4, 0.5) is 11.4 Å². The van der Waals surface area contributed by atoms with Gasteiger partial charge in [-0.25, -0.2) is 0 Å². The molecule has 1 N–H and O–H groups in total. The van der Waals surface area contributed by atoms with E-state index in [4.69, 9.17) is 0 Å². The Kier molecular flexibility index (Phi) is 3.88. The van der Waals surface area contributed by atoms with Gasteiger partial charge in [0, 0.05) is 17.8 Å². The first-order valence-electron chi connectivity index (χ1n) is 6.81. The van der Waals surface area contributed by atoms with E-state index in [1.54, 1.807) is 24.4 Å². The molecule has 2 rings (SSSR count). The minimum absolute atomic E-state index is 0.0411. The summed E-state index contributed by atoms with van der Waals surface area (Å²) in [7, 11) is 0. The highest BCUT2D eigenvalue weighted by molar-refractivity contribution is 5.96. The van der Waals surface area contributed by atoms with Crippen LogP contribution in [0.25, 0.3) is 10.9 Å². The Morgan fingerprint density at radius 2 is 2.00 bits per heavy atom. The van der Waals surface area contributed by atoms with Gasteiger partial charge in [-0.2, -0.15) is 0 Å². The molecule has 5 nitrogen and oxygen atoms in total. The van der Waals surface area contributed by atoms with Crippen LogP contribution in [0.2, 0.25) is 0 Å². The molecule has 1 aromatic heterocycles. The average molecular weight is 273 g/mol. The molecule has 20 heavy (non-hydrogen) atoms. The molecule has 0 atom stereocenters. The summed E-state index contributed by atoms with van der Waals surface area (Å²) in [6.07, 6.45) is 3.59. The van der Waals surface area contributed by atoms with Gasteiger partial charge in [0.25, 0.3) is 5.69 Å². The third-order valence-electron chi connectivity index (χ3n) is 3.94. The summed E-state index contributed by atoms with van der Waals surface area (Å²) in [5, 5.41) is 15.1. The van der Waals surface area contributed by atoms with Gasteiger partial charge in [0.2, 0.25) is 0 Å². The fourth-order valence-electron chi connectivity index (χ4n) is 2.17. The monoisotopic (exact) mass is 273 g/mol. The lowest BCUT2D eigenvalue weighted by molar-refractivity contribution is -0.383. The molecule has 1 heterocycles. The number of aromatic nitrogens is 1. The van der Waals surface area contributed by atoms with E-state index in [9.17, 15) is 10.1 Å². The van der Waals surface area contributed by atoms with Crippen molar-refractivity contribution in [3.8, 4) is 0 Å². The number of nitrogens with one attached hydrogen (secondary N) is 1. The zero-order chi connectivity index (χ0) is 14.8. The molecule has 1 aromatic carbocycles. The maximum atomic E-state index is 11.1. The highest BCUT2D eigenvalue weighted by Gasteiger charge is 2.22. The van der Waals surface area contributed by atoms with Crippen molar-refractivity contribution >= 4 is 22.3 Å². The van der Waals surface area contributed by atoms with Crippen molar-refractivity contribution in [3.05, 3.63) is 40.6 Å². The Balaban J connectivity index is 2.56. The maximum Gasteiger partial charge on any atom is 0.278 e. The van der Waals surface area contributed by atoms with E-state index in [1.807, 2.05) is 0 Å². The number of anilines is 1. The highest BCUT2D eigenvalue weighted by Crippen LogP contribution is 2.32. The van der Waals surface area contributed by atoms with E-state index < -0.39 is 0 Å². The SMILES string of the molecule is CCC(C)(CC)Nc1ccc([N+](=O)[O-])c2cccnc12. The minimum atomic E-state index is -0.368. The summed E-state index contributed by atoms with van der Waals surface area (Å²) in [6, 6.07) is 6.74. The molecule has 0 saturated heterocycles. The molecular formula is C15H19N3O2. The van der Waals surface area contributed by atoms with Crippen LogP contribution in [0.15, 0.2) is 30.5 Å². The normalized spacial score (nSPS) is 11.6. The minimum Gasteiger partial charge on any atom is -0.378 e. The Bertz CT molecular complexity index is 636. The zero-order valence-corrected chi connectivity index (χ0v) is 12.0. The Labute approximate surface area is 118 Å². The molecule has 2 aromatic rings. The number of nitrogens with zero attached hydrogens (tertiary/aromatic N) is 2. The van der Waals surface area contributed by atoms with E-state index in [1.165, 1.54) is 6.07 Å². The second-order valence-electron chi connectivity index (χ2n) is 5.18. The smallest absolute Gasteiger partial charge is 0.278 e. The fourth-order valence-corrected chi connectivity index (χ4v) is 2.17. The van der Waals surface area contributed by atoms with E-state index in [0.717, 1.165) is 18.5 Å². The molecule has 0 unspecified atom stereocenters.